The van der Waals surface area contributed by atoms with Crippen LogP contribution in [0.3, 0.4) is 0 Å². The van der Waals surface area contributed by atoms with Crippen LogP contribution >= 0.6 is 0 Å². The Morgan fingerprint density at radius 2 is 1.83 bits per heavy atom. The molecule has 30 heavy (non-hydrogen) atoms. The van der Waals surface area contributed by atoms with E-state index in [4.69, 9.17) is 9.47 Å². The first-order valence-electron chi connectivity index (χ1n) is 9.16. The molecule has 1 fully saturated rings. The van der Waals surface area contributed by atoms with Crippen molar-refractivity contribution in [3.63, 3.8) is 0 Å². The average molecular weight is 435 g/mol. The molecular formula is C19H21N3O7S. The number of anilines is 1. The zero-order valence-corrected chi connectivity index (χ0v) is 17.1. The molecule has 1 heterocycles. The van der Waals surface area contributed by atoms with Gasteiger partial charge in [0.2, 0.25) is 10.0 Å². The maximum Gasteiger partial charge on any atom is 0.314 e. The van der Waals surface area contributed by atoms with Crippen molar-refractivity contribution in [3.8, 4) is 11.5 Å². The van der Waals surface area contributed by atoms with E-state index < -0.39 is 27.5 Å². The van der Waals surface area contributed by atoms with Crippen molar-refractivity contribution in [1.29, 1.82) is 0 Å². The molecule has 0 bridgehead atoms. The van der Waals surface area contributed by atoms with Crippen LogP contribution in [0.25, 0.3) is 0 Å². The largest absolute Gasteiger partial charge is 0.496 e. The predicted molar refractivity (Wildman–Crippen MR) is 108 cm³/mol. The number of amides is 1. The molecule has 1 aliphatic rings. The third-order valence-electron chi connectivity index (χ3n) is 4.56. The number of nitrogens with one attached hydrogen (secondary N) is 1. The fourth-order valence-corrected chi connectivity index (χ4v) is 4.53. The highest BCUT2D eigenvalue weighted by molar-refractivity contribution is 7.89. The molecule has 0 atom stereocenters. The van der Waals surface area contributed by atoms with Gasteiger partial charge in [0.1, 0.15) is 5.75 Å². The molecule has 0 unspecified atom stereocenters. The van der Waals surface area contributed by atoms with Crippen molar-refractivity contribution in [2.24, 2.45) is 0 Å². The van der Waals surface area contributed by atoms with E-state index in [1.807, 2.05) is 0 Å². The first kappa shape index (κ1) is 21.5. The maximum absolute atomic E-state index is 12.5. The lowest BCUT2D eigenvalue weighted by Crippen LogP contribution is -2.27. The molecule has 2 aromatic carbocycles. The maximum atomic E-state index is 12.5. The number of benzene rings is 2. The zero-order chi connectivity index (χ0) is 21.7. The second-order valence-electron chi connectivity index (χ2n) is 6.56. The van der Waals surface area contributed by atoms with Crippen molar-refractivity contribution >= 4 is 27.3 Å². The standard InChI is InChI=1S/C19H21N3O7S/c1-28-15-6-9-18(17(12-15)22(24)25)29-13-19(23)20-14-4-7-16(8-5-14)30(26,27)21-10-2-3-11-21/h4-9,12H,2-3,10-11,13H2,1H3,(H,20,23). The van der Waals surface area contributed by atoms with Crippen LogP contribution < -0.4 is 14.8 Å². The Morgan fingerprint density at radius 1 is 1.17 bits per heavy atom. The Morgan fingerprint density at radius 3 is 2.43 bits per heavy atom. The highest BCUT2D eigenvalue weighted by Gasteiger charge is 2.27. The summed E-state index contributed by atoms with van der Waals surface area (Å²) >= 11 is 0. The number of nitrogens with zero attached hydrogens (tertiary/aromatic N) is 2. The van der Waals surface area contributed by atoms with Crippen molar-refractivity contribution < 1.29 is 27.6 Å². The van der Waals surface area contributed by atoms with Gasteiger partial charge < -0.3 is 14.8 Å². The lowest BCUT2D eigenvalue weighted by molar-refractivity contribution is -0.385. The Bertz CT molecular complexity index is 1030. The van der Waals surface area contributed by atoms with Crippen LogP contribution in [0.4, 0.5) is 11.4 Å². The first-order chi connectivity index (χ1) is 14.3. The molecule has 0 aliphatic carbocycles. The second kappa shape index (κ2) is 9.09. The van der Waals surface area contributed by atoms with Crippen LogP contribution in [0.1, 0.15) is 12.8 Å². The minimum absolute atomic E-state index is 0.0667. The topological polar surface area (TPSA) is 128 Å². The van der Waals surface area contributed by atoms with Gasteiger partial charge >= 0.3 is 5.69 Å². The number of carbonyl (C=O) groups is 1. The highest BCUT2D eigenvalue weighted by Crippen LogP contribution is 2.31. The van der Waals surface area contributed by atoms with Gasteiger partial charge in [-0.2, -0.15) is 4.31 Å². The van der Waals surface area contributed by atoms with E-state index in [0.29, 0.717) is 24.5 Å². The normalized spacial score (nSPS) is 14.3. The van der Waals surface area contributed by atoms with Gasteiger partial charge in [-0.3, -0.25) is 14.9 Å². The molecule has 0 saturated carbocycles. The van der Waals surface area contributed by atoms with Gasteiger partial charge in [-0.25, -0.2) is 8.42 Å². The molecule has 1 saturated heterocycles. The van der Waals surface area contributed by atoms with E-state index in [9.17, 15) is 23.3 Å². The van der Waals surface area contributed by atoms with Crippen LogP contribution in [-0.4, -0.2) is 50.4 Å². The molecule has 160 valence electrons. The molecule has 0 radical (unpaired) electrons. The summed E-state index contributed by atoms with van der Waals surface area (Å²) in [5.74, 6) is -0.319. The third kappa shape index (κ3) is 4.86. The van der Waals surface area contributed by atoms with Gasteiger partial charge in [0, 0.05) is 18.8 Å². The minimum atomic E-state index is -3.53. The third-order valence-corrected chi connectivity index (χ3v) is 6.48. The van der Waals surface area contributed by atoms with Crippen molar-refractivity contribution in [2.45, 2.75) is 17.7 Å². The number of hydrogen-bond acceptors (Lipinski definition) is 7. The monoisotopic (exact) mass is 435 g/mol. The molecule has 1 aliphatic heterocycles. The molecule has 2 aromatic rings. The predicted octanol–water partition coefficient (Wildman–Crippen LogP) is 2.41. The Balaban J connectivity index is 1.61. The lowest BCUT2D eigenvalue weighted by atomic mass is 10.3. The smallest absolute Gasteiger partial charge is 0.314 e. The van der Waals surface area contributed by atoms with E-state index in [-0.39, 0.29) is 16.3 Å². The summed E-state index contributed by atoms with van der Waals surface area (Å²) in [4.78, 5) is 22.8. The SMILES string of the molecule is COc1ccc(OCC(=O)Nc2ccc(S(=O)(=O)N3CCCC3)cc2)c([N+](=O)[O-])c1. The number of nitro benzene ring substituents is 1. The zero-order valence-electron chi connectivity index (χ0n) is 16.2. The first-order valence-corrected chi connectivity index (χ1v) is 10.6. The summed E-state index contributed by atoms with van der Waals surface area (Å²) < 4.78 is 36.7. The number of nitro groups is 1. The number of carbonyl (C=O) groups excluding carboxylic acids is 1. The van der Waals surface area contributed by atoms with Gasteiger partial charge in [-0.15, -0.1) is 0 Å². The quantitative estimate of drug-likeness (QED) is 0.498. The van der Waals surface area contributed by atoms with Gasteiger partial charge in [0.25, 0.3) is 5.91 Å². The van der Waals surface area contributed by atoms with E-state index in [1.54, 1.807) is 0 Å². The molecule has 0 aromatic heterocycles. The molecule has 10 nitrogen and oxygen atoms in total. The fourth-order valence-electron chi connectivity index (χ4n) is 3.02. The summed E-state index contributed by atoms with van der Waals surface area (Å²) in [6, 6.07) is 9.86. The molecule has 0 spiro atoms. The van der Waals surface area contributed by atoms with Crippen LogP contribution in [0, 0.1) is 10.1 Å². The summed E-state index contributed by atoms with van der Waals surface area (Å²) in [5, 5.41) is 13.7. The van der Waals surface area contributed by atoms with Crippen LogP contribution in [0.5, 0.6) is 11.5 Å². The van der Waals surface area contributed by atoms with Crippen LogP contribution in [0.15, 0.2) is 47.4 Å². The van der Waals surface area contributed by atoms with Gasteiger partial charge in [-0.05, 0) is 49.2 Å². The molecular weight excluding hydrogens is 414 g/mol. The van der Waals surface area contributed by atoms with Crippen molar-refractivity contribution in [1.82, 2.24) is 4.31 Å². The Hall–Kier alpha value is -3.18. The number of sulfonamides is 1. The number of rotatable bonds is 8. The molecule has 1 N–H and O–H groups in total. The number of hydrogen-bond donors (Lipinski definition) is 1. The lowest BCUT2D eigenvalue weighted by Gasteiger charge is -2.15. The van der Waals surface area contributed by atoms with E-state index in [1.165, 1.54) is 53.9 Å². The van der Waals surface area contributed by atoms with Crippen molar-refractivity contribution in [3.05, 3.63) is 52.6 Å². The minimum Gasteiger partial charge on any atom is -0.496 e. The van der Waals surface area contributed by atoms with Gasteiger partial charge in [0.15, 0.2) is 12.4 Å². The van der Waals surface area contributed by atoms with E-state index in [0.717, 1.165) is 12.8 Å². The Kier molecular flexibility index (Phi) is 6.53. The van der Waals surface area contributed by atoms with Crippen molar-refractivity contribution in [2.75, 3.05) is 32.1 Å². The second-order valence-corrected chi connectivity index (χ2v) is 8.50. The molecule has 3 rings (SSSR count). The molecule has 11 heteroatoms. The van der Waals surface area contributed by atoms with Gasteiger partial charge in [-0.1, -0.05) is 0 Å². The number of ether oxygens (including phenoxy) is 2. The van der Waals surface area contributed by atoms with E-state index in [2.05, 4.69) is 5.32 Å². The Labute approximate surface area is 173 Å². The molecule has 1 amide bonds. The summed E-state index contributed by atoms with van der Waals surface area (Å²) in [6.07, 6.45) is 1.69. The van der Waals surface area contributed by atoms with Gasteiger partial charge in [0.05, 0.1) is 23.0 Å². The highest BCUT2D eigenvalue weighted by atomic mass is 32.2. The average Bonchev–Trinajstić information content (AvgIpc) is 3.28. The fraction of sp³-hybridized carbons (Fsp3) is 0.316. The summed E-state index contributed by atoms with van der Waals surface area (Å²) in [6.45, 7) is 0.562. The summed E-state index contributed by atoms with van der Waals surface area (Å²) in [5.41, 5.74) is 0.0619. The summed E-state index contributed by atoms with van der Waals surface area (Å²) in [7, 11) is -2.14. The van der Waals surface area contributed by atoms with E-state index >= 15 is 0 Å². The van der Waals surface area contributed by atoms with Crippen LogP contribution in [0.2, 0.25) is 0 Å². The van der Waals surface area contributed by atoms with Crippen LogP contribution in [-0.2, 0) is 14.8 Å². The number of methoxy groups -OCH3 is 1.